The average molecular weight is 256 g/mol. The lowest BCUT2D eigenvalue weighted by molar-refractivity contribution is 0.143. The number of alkyl halides is 2. The van der Waals surface area contributed by atoms with Crippen LogP contribution in [0.3, 0.4) is 0 Å². The van der Waals surface area contributed by atoms with Crippen molar-refractivity contribution in [1.82, 2.24) is 0 Å². The summed E-state index contributed by atoms with van der Waals surface area (Å²) in [5.41, 5.74) is 0.466. The molecular formula is C15H19F3. The van der Waals surface area contributed by atoms with E-state index in [9.17, 15) is 13.2 Å². The van der Waals surface area contributed by atoms with Crippen molar-refractivity contribution in [2.24, 2.45) is 5.92 Å². The summed E-state index contributed by atoms with van der Waals surface area (Å²) < 4.78 is 40.0. The third-order valence-corrected chi connectivity index (χ3v) is 4.08. The zero-order valence-corrected chi connectivity index (χ0v) is 10.8. The van der Waals surface area contributed by atoms with Crippen molar-refractivity contribution >= 4 is 0 Å². The fraction of sp³-hybridized carbons (Fsp3) is 0.600. The van der Waals surface area contributed by atoms with Crippen LogP contribution in [-0.4, -0.2) is 0 Å². The number of hydrogen-bond acceptors (Lipinski definition) is 0. The zero-order chi connectivity index (χ0) is 13.3. The largest absolute Gasteiger partial charge is 0.266 e. The van der Waals surface area contributed by atoms with Gasteiger partial charge in [0.25, 0.3) is 6.43 Å². The van der Waals surface area contributed by atoms with Gasteiger partial charge in [0, 0.05) is 0 Å². The van der Waals surface area contributed by atoms with E-state index in [1.165, 1.54) is 6.92 Å². The van der Waals surface area contributed by atoms with E-state index in [1.807, 2.05) is 0 Å². The molecule has 0 heterocycles. The second-order valence-electron chi connectivity index (χ2n) is 5.46. The topological polar surface area (TPSA) is 0 Å². The van der Waals surface area contributed by atoms with Gasteiger partial charge in [-0.15, -0.1) is 0 Å². The Bertz CT molecular complexity index is 418. The minimum atomic E-state index is -2.72. The Balaban J connectivity index is 2.35. The molecule has 0 aliphatic heterocycles. The third kappa shape index (κ3) is 2.55. The molecule has 0 spiro atoms. The molecule has 3 heteroatoms. The minimum Gasteiger partial charge on any atom is -0.206 e. The van der Waals surface area contributed by atoms with Crippen molar-refractivity contribution in [1.29, 1.82) is 0 Å². The normalized spacial score (nSPS) is 24.6. The molecule has 0 saturated heterocycles. The van der Waals surface area contributed by atoms with Crippen LogP contribution in [0, 0.1) is 18.7 Å². The van der Waals surface area contributed by atoms with Gasteiger partial charge in [0.2, 0.25) is 0 Å². The molecule has 18 heavy (non-hydrogen) atoms. The number of aryl methyl sites for hydroxylation is 1. The van der Waals surface area contributed by atoms with Gasteiger partial charge in [0.15, 0.2) is 0 Å². The summed E-state index contributed by atoms with van der Waals surface area (Å²) in [7, 11) is 0. The third-order valence-electron chi connectivity index (χ3n) is 4.08. The van der Waals surface area contributed by atoms with Gasteiger partial charge in [-0.25, -0.2) is 13.2 Å². The number of benzene rings is 1. The first-order valence-corrected chi connectivity index (χ1v) is 6.57. The Morgan fingerprint density at radius 1 is 1.11 bits per heavy atom. The lowest BCUT2D eigenvalue weighted by Gasteiger charge is -2.28. The highest BCUT2D eigenvalue weighted by molar-refractivity contribution is 5.37. The molecule has 100 valence electrons. The van der Waals surface area contributed by atoms with Crippen LogP contribution < -0.4 is 0 Å². The summed E-state index contributed by atoms with van der Waals surface area (Å²) in [6.07, 6.45) is 1.15. The van der Waals surface area contributed by atoms with Crippen LogP contribution in [0.25, 0.3) is 0 Å². The fourth-order valence-corrected chi connectivity index (χ4v) is 2.87. The van der Waals surface area contributed by atoms with Gasteiger partial charge in [0.1, 0.15) is 5.82 Å². The first kappa shape index (κ1) is 13.4. The van der Waals surface area contributed by atoms with Crippen molar-refractivity contribution < 1.29 is 13.2 Å². The van der Waals surface area contributed by atoms with E-state index in [4.69, 9.17) is 0 Å². The summed E-state index contributed by atoms with van der Waals surface area (Å²) >= 11 is 0. The van der Waals surface area contributed by atoms with E-state index in [1.54, 1.807) is 12.1 Å². The molecule has 0 radical (unpaired) electrons. The van der Waals surface area contributed by atoms with Gasteiger partial charge >= 0.3 is 0 Å². The van der Waals surface area contributed by atoms with Gasteiger partial charge in [-0.3, -0.25) is 0 Å². The number of hydrogen-bond donors (Lipinski definition) is 0. The van der Waals surface area contributed by atoms with Crippen LogP contribution in [-0.2, 0) is 0 Å². The van der Waals surface area contributed by atoms with E-state index in [2.05, 4.69) is 6.92 Å². The molecule has 0 atom stereocenters. The van der Waals surface area contributed by atoms with Crippen molar-refractivity contribution in [3.05, 3.63) is 34.6 Å². The quantitative estimate of drug-likeness (QED) is 0.667. The lowest BCUT2D eigenvalue weighted by atomic mass is 9.78. The van der Waals surface area contributed by atoms with Crippen LogP contribution in [0.2, 0.25) is 0 Å². The lowest BCUT2D eigenvalue weighted by Crippen LogP contribution is -2.14. The van der Waals surface area contributed by atoms with Crippen LogP contribution in [0.5, 0.6) is 0 Å². The predicted octanol–water partition coefficient (Wildman–Crippen LogP) is 5.37. The monoisotopic (exact) mass is 256 g/mol. The molecule has 1 aliphatic rings. The highest BCUT2D eigenvalue weighted by atomic mass is 19.3. The van der Waals surface area contributed by atoms with Gasteiger partial charge in [0.05, 0.1) is 5.56 Å². The molecule has 0 N–H and O–H groups in total. The molecule has 0 bridgehead atoms. The van der Waals surface area contributed by atoms with E-state index >= 15 is 0 Å². The summed E-state index contributed by atoms with van der Waals surface area (Å²) in [4.78, 5) is 0. The molecule has 0 amide bonds. The summed E-state index contributed by atoms with van der Waals surface area (Å²) in [6, 6.07) is 3.31. The van der Waals surface area contributed by atoms with Gasteiger partial charge in [-0.2, -0.15) is 0 Å². The fourth-order valence-electron chi connectivity index (χ4n) is 2.87. The molecule has 1 saturated carbocycles. The smallest absolute Gasteiger partial charge is 0.206 e. The van der Waals surface area contributed by atoms with Gasteiger partial charge in [-0.1, -0.05) is 31.9 Å². The minimum absolute atomic E-state index is 0.0975. The van der Waals surface area contributed by atoms with E-state index in [-0.39, 0.29) is 11.5 Å². The van der Waals surface area contributed by atoms with Crippen molar-refractivity contribution in [3.63, 3.8) is 0 Å². The van der Waals surface area contributed by atoms with Crippen molar-refractivity contribution in [2.45, 2.75) is 51.9 Å². The maximum atomic E-state index is 13.9. The molecule has 0 aromatic heterocycles. The van der Waals surface area contributed by atoms with Crippen LogP contribution >= 0.6 is 0 Å². The van der Waals surface area contributed by atoms with Crippen molar-refractivity contribution in [3.8, 4) is 0 Å². The molecule has 1 aromatic rings. The van der Waals surface area contributed by atoms with Crippen LogP contribution in [0.1, 0.15) is 61.6 Å². The second-order valence-corrected chi connectivity index (χ2v) is 5.46. The maximum absolute atomic E-state index is 13.9. The van der Waals surface area contributed by atoms with E-state index in [0.717, 1.165) is 25.7 Å². The summed E-state index contributed by atoms with van der Waals surface area (Å²) in [6.45, 7) is 3.72. The van der Waals surface area contributed by atoms with Crippen molar-refractivity contribution in [2.75, 3.05) is 0 Å². The number of rotatable bonds is 2. The SMILES string of the molecule is Cc1ccc(C2CCC(C)CC2)c(C(F)F)c1F. The predicted molar refractivity (Wildman–Crippen MR) is 66.5 cm³/mol. The Morgan fingerprint density at radius 3 is 2.28 bits per heavy atom. The molecule has 0 unspecified atom stereocenters. The first-order chi connectivity index (χ1) is 8.50. The first-order valence-electron chi connectivity index (χ1n) is 6.57. The van der Waals surface area contributed by atoms with E-state index in [0.29, 0.717) is 17.0 Å². The Morgan fingerprint density at radius 2 is 1.72 bits per heavy atom. The molecule has 1 aliphatic carbocycles. The van der Waals surface area contributed by atoms with Gasteiger partial charge < -0.3 is 0 Å². The average Bonchev–Trinajstić information content (AvgIpc) is 2.33. The maximum Gasteiger partial charge on any atom is 0.266 e. The van der Waals surface area contributed by atoms with Gasteiger partial charge in [-0.05, 0) is 42.7 Å². The highest BCUT2D eigenvalue weighted by Gasteiger charge is 2.27. The van der Waals surface area contributed by atoms with Crippen LogP contribution in [0.4, 0.5) is 13.2 Å². The standard InChI is InChI=1S/C15H19F3/c1-9-3-6-11(7-4-9)12-8-5-10(2)14(16)13(12)15(17)18/h5,8-9,11,15H,3-4,6-7H2,1-2H3. The molecule has 1 aromatic carbocycles. The van der Waals surface area contributed by atoms with E-state index < -0.39 is 12.2 Å². The molecular weight excluding hydrogens is 237 g/mol. The Kier molecular flexibility index (Phi) is 3.98. The zero-order valence-electron chi connectivity index (χ0n) is 10.8. The summed E-state index contributed by atoms with van der Waals surface area (Å²) in [5.74, 6) is 0.0352. The van der Waals surface area contributed by atoms with Crippen LogP contribution in [0.15, 0.2) is 12.1 Å². The molecule has 2 rings (SSSR count). The number of halogens is 3. The Hall–Kier alpha value is -0.990. The summed E-state index contributed by atoms with van der Waals surface area (Å²) in [5, 5.41) is 0. The highest BCUT2D eigenvalue weighted by Crippen LogP contribution is 2.40. The molecule has 1 fully saturated rings. The molecule has 0 nitrogen and oxygen atoms in total. The Labute approximate surface area is 106 Å². The second kappa shape index (κ2) is 5.33.